The normalized spacial score (nSPS) is 11.4. The smallest absolute Gasteiger partial charge is 0.215 e. The van der Waals surface area contributed by atoms with E-state index < -0.39 is 0 Å². The molecule has 0 aliphatic heterocycles. The van der Waals surface area contributed by atoms with Crippen molar-refractivity contribution in [3.05, 3.63) is 90.3 Å². The molecule has 5 rings (SSSR count). The van der Waals surface area contributed by atoms with Crippen LogP contribution < -0.4 is 4.57 Å². The van der Waals surface area contributed by atoms with Crippen LogP contribution in [0.5, 0.6) is 0 Å². The number of hydrogen-bond acceptors (Lipinski definition) is 1. The molecule has 2 aromatic heterocycles. The predicted molar refractivity (Wildman–Crippen MR) is 115 cm³/mol. The van der Waals surface area contributed by atoms with Crippen LogP contribution in [-0.2, 0) is 7.05 Å². The van der Waals surface area contributed by atoms with Crippen molar-refractivity contribution in [1.82, 2.24) is 9.78 Å². The molecule has 0 spiro atoms. The highest BCUT2D eigenvalue weighted by Gasteiger charge is 2.22. The Morgan fingerprint density at radius 2 is 1.54 bits per heavy atom. The molecule has 3 heteroatoms. The fourth-order valence-electron chi connectivity index (χ4n) is 4.23. The zero-order chi connectivity index (χ0) is 19.3. The molecule has 28 heavy (non-hydrogen) atoms. The van der Waals surface area contributed by atoms with Crippen LogP contribution in [0.1, 0.15) is 11.3 Å². The molecule has 2 heterocycles. The number of hydrogen-bond donors (Lipinski definition) is 0. The molecule has 0 saturated heterocycles. The van der Waals surface area contributed by atoms with E-state index >= 15 is 0 Å². The summed E-state index contributed by atoms with van der Waals surface area (Å²) in [5, 5.41) is 8.44. The van der Waals surface area contributed by atoms with E-state index in [2.05, 4.69) is 91.3 Å². The predicted octanol–water partition coefficient (Wildman–Crippen LogP) is 5.29. The maximum Gasteiger partial charge on any atom is 0.215 e. The first-order valence-electron chi connectivity index (χ1n) is 9.57. The van der Waals surface area contributed by atoms with Gasteiger partial charge in [0.15, 0.2) is 11.9 Å². The Kier molecular flexibility index (Phi) is 3.76. The summed E-state index contributed by atoms with van der Waals surface area (Å²) < 4.78 is 4.29. The first-order valence-corrected chi connectivity index (χ1v) is 9.57. The summed E-state index contributed by atoms with van der Waals surface area (Å²) in [6.45, 7) is 4.37. The molecule has 136 valence electrons. The average molecular weight is 364 g/mol. The summed E-state index contributed by atoms with van der Waals surface area (Å²) in [5.41, 5.74) is 7.11. The van der Waals surface area contributed by atoms with E-state index in [1.807, 2.05) is 17.8 Å². The Morgan fingerprint density at radius 3 is 2.36 bits per heavy atom. The van der Waals surface area contributed by atoms with Crippen LogP contribution in [0, 0.1) is 13.8 Å². The highest BCUT2D eigenvalue weighted by atomic mass is 15.3. The SMILES string of the molecule is Cc1c(-[n+]2ccccc2C)cc2ccccc2c1-c1c2ccccc2nn1C. The van der Waals surface area contributed by atoms with E-state index in [4.69, 9.17) is 5.10 Å². The third-order valence-electron chi connectivity index (χ3n) is 5.58. The molecule has 5 aromatic rings. The first kappa shape index (κ1) is 16.7. The molecule has 3 aromatic carbocycles. The molecular weight excluding hydrogens is 342 g/mol. The molecular formula is C25H22N3+. The molecule has 0 fully saturated rings. The molecule has 0 N–H and O–H groups in total. The zero-order valence-corrected chi connectivity index (χ0v) is 16.3. The Morgan fingerprint density at radius 1 is 0.821 bits per heavy atom. The van der Waals surface area contributed by atoms with Gasteiger partial charge in [-0.1, -0.05) is 48.5 Å². The summed E-state index contributed by atoms with van der Waals surface area (Å²) in [5.74, 6) is 0. The lowest BCUT2D eigenvalue weighted by atomic mass is 9.93. The van der Waals surface area contributed by atoms with Gasteiger partial charge in [-0.05, 0) is 23.8 Å². The molecule has 0 unspecified atom stereocenters. The molecule has 0 saturated carbocycles. The summed E-state index contributed by atoms with van der Waals surface area (Å²) in [4.78, 5) is 0. The summed E-state index contributed by atoms with van der Waals surface area (Å²) >= 11 is 0. The minimum atomic E-state index is 1.03. The van der Waals surface area contributed by atoms with Gasteiger partial charge in [-0.2, -0.15) is 9.67 Å². The number of fused-ring (bicyclic) bond motifs is 2. The van der Waals surface area contributed by atoms with E-state index in [0.29, 0.717) is 0 Å². The fourth-order valence-corrected chi connectivity index (χ4v) is 4.23. The molecule has 0 atom stereocenters. The van der Waals surface area contributed by atoms with Crippen LogP contribution in [0.2, 0.25) is 0 Å². The number of benzene rings is 3. The molecule has 0 radical (unpaired) electrons. The quantitative estimate of drug-likeness (QED) is 0.390. The number of aryl methyl sites for hydroxylation is 2. The van der Waals surface area contributed by atoms with Crippen LogP contribution >= 0.6 is 0 Å². The van der Waals surface area contributed by atoms with Gasteiger partial charge in [0.25, 0.3) is 0 Å². The molecule has 0 aliphatic rings. The number of rotatable bonds is 2. The lowest BCUT2D eigenvalue weighted by Crippen LogP contribution is -2.34. The van der Waals surface area contributed by atoms with Crippen molar-refractivity contribution in [3.63, 3.8) is 0 Å². The largest absolute Gasteiger partial charge is 0.267 e. The van der Waals surface area contributed by atoms with Crippen LogP contribution in [0.25, 0.3) is 38.6 Å². The van der Waals surface area contributed by atoms with Gasteiger partial charge in [-0.25, -0.2) is 0 Å². The van der Waals surface area contributed by atoms with Crippen LogP contribution in [0.3, 0.4) is 0 Å². The van der Waals surface area contributed by atoms with Crippen molar-refractivity contribution in [2.75, 3.05) is 0 Å². The van der Waals surface area contributed by atoms with Gasteiger partial charge in [-0.15, -0.1) is 0 Å². The Balaban J connectivity index is 1.95. The van der Waals surface area contributed by atoms with Crippen molar-refractivity contribution in [2.45, 2.75) is 13.8 Å². The van der Waals surface area contributed by atoms with Crippen molar-refractivity contribution >= 4 is 21.7 Å². The van der Waals surface area contributed by atoms with Crippen molar-refractivity contribution in [1.29, 1.82) is 0 Å². The Hall–Kier alpha value is -3.46. The van der Waals surface area contributed by atoms with Crippen molar-refractivity contribution in [3.8, 4) is 16.9 Å². The monoisotopic (exact) mass is 364 g/mol. The molecule has 0 bridgehead atoms. The fraction of sp³-hybridized carbons (Fsp3) is 0.120. The first-order chi connectivity index (χ1) is 13.6. The number of aromatic nitrogens is 3. The lowest BCUT2D eigenvalue weighted by Gasteiger charge is -2.14. The van der Waals surface area contributed by atoms with Gasteiger partial charge >= 0.3 is 0 Å². The van der Waals surface area contributed by atoms with Crippen LogP contribution in [0.4, 0.5) is 0 Å². The summed E-state index contributed by atoms with van der Waals surface area (Å²) in [6.07, 6.45) is 2.14. The van der Waals surface area contributed by atoms with E-state index in [0.717, 1.165) is 5.52 Å². The number of pyridine rings is 1. The van der Waals surface area contributed by atoms with Gasteiger partial charge in [0.05, 0.1) is 11.2 Å². The second-order valence-corrected chi connectivity index (χ2v) is 7.32. The van der Waals surface area contributed by atoms with Crippen molar-refractivity contribution in [2.24, 2.45) is 7.05 Å². The van der Waals surface area contributed by atoms with Gasteiger partial charge in [-0.3, -0.25) is 4.68 Å². The molecule has 3 nitrogen and oxygen atoms in total. The number of nitrogens with zero attached hydrogens (tertiary/aromatic N) is 3. The van der Waals surface area contributed by atoms with Crippen molar-refractivity contribution < 1.29 is 4.57 Å². The van der Waals surface area contributed by atoms with E-state index in [1.165, 1.54) is 44.4 Å². The minimum absolute atomic E-state index is 1.03. The third kappa shape index (κ3) is 2.43. The van der Waals surface area contributed by atoms with Gasteiger partial charge in [0.1, 0.15) is 0 Å². The highest BCUT2D eigenvalue weighted by molar-refractivity contribution is 6.05. The zero-order valence-electron chi connectivity index (χ0n) is 16.3. The van der Waals surface area contributed by atoms with Gasteiger partial charge in [0, 0.05) is 48.7 Å². The van der Waals surface area contributed by atoms with Crippen LogP contribution in [-0.4, -0.2) is 9.78 Å². The highest BCUT2D eigenvalue weighted by Crippen LogP contribution is 2.37. The maximum atomic E-state index is 4.77. The second-order valence-electron chi connectivity index (χ2n) is 7.32. The summed E-state index contributed by atoms with van der Waals surface area (Å²) in [6, 6.07) is 25.6. The van der Waals surface area contributed by atoms with Gasteiger partial charge < -0.3 is 0 Å². The summed E-state index contributed by atoms with van der Waals surface area (Å²) in [7, 11) is 2.04. The molecule has 0 amide bonds. The average Bonchev–Trinajstić information content (AvgIpc) is 3.04. The minimum Gasteiger partial charge on any atom is -0.267 e. The van der Waals surface area contributed by atoms with Crippen LogP contribution in [0.15, 0.2) is 79.0 Å². The maximum absolute atomic E-state index is 4.77. The van der Waals surface area contributed by atoms with E-state index in [1.54, 1.807) is 0 Å². The third-order valence-corrected chi connectivity index (χ3v) is 5.58. The standard InChI is InChI=1S/C25H22N3/c1-17-10-8-9-15-28(17)23-16-19-11-4-5-12-20(19)24(18(23)2)25-21-13-6-7-14-22(21)26-27(25)3/h4-16H,1-3H3/q+1. The van der Waals surface area contributed by atoms with E-state index in [-0.39, 0.29) is 0 Å². The lowest BCUT2D eigenvalue weighted by molar-refractivity contribution is -0.603. The topological polar surface area (TPSA) is 21.7 Å². The van der Waals surface area contributed by atoms with E-state index in [9.17, 15) is 0 Å². The Bertz CT molecular complexity index is 1350. The molecule has 0 aliphatic carbocycles. The Labute approximate surface area is 164 Å². The van der Waals surface area contributed by atoms with Gasteiger partial charge in [0.2, 0.25) is 5.69 Å². The second kappa shape index (κ2) is 6.31.